The van der Waals surface area contributed by atoms with E-state index in [9.17, 15) is 13.2 Å². The Labute approximate surface area is 153 Å². The molecule has 4 N–H and O–H groups in total. The molecule has 2 aromatic rings. The van der Waals surface area contributed by atoms with Crippen LogP contribution in [-0.4, -0.2) is 20.4 Å². The summed E-state index contributed by atoms with van der Waals surface area (Å²) in [5.74, 6) is -0.245. The van der Waals surface area contributed by atoms with Crippen LogP contribution in [0.1, 0.15) is 30.9 Å². The van der Waals surface area contributed by atoms with Crippen molar-refractivity contribution in [1.29, 1.82) is 0 Å². The minimum atomic E-state index is -3.81. The predicted molar refractivity (Wildman–Crippen MR) is 103 cm³/mol. The molecule has 0 heterocycles. The quantitative estimate of drug-likeness (QED) is 0.750. The van der Waals surface area contributed by atoms with E-state index in [1.807, 2.05) is 12.1 Å². The Morgan fingerprint density at radius 3 is 2.62 bits per heavy atom. The highest BCUT2D eigenvalue weighted by atomic mass is 32.2. The molecule has 0 aliphatic heterocycles. The molecule has 0 fully saturated rings. The van der Waals surface area contributed by atoms with Gasteiger partial charge in [0.1, 0.15) is 6.04 Å². The molecule has 1 atom stereocenters. The van der Waals surface area contributed by atoms with Crippen molar-refractivity contribution in [2.75, 3.05) is 10.6 Å². The molecule has 1 amide bonds. The number of rotatable bonds is 5. The normalized spacial score (nSPS) is 15.0. The van der Waals surface area contributed by atoms with Crippen LogP contribution in [0.3, 0.4) is 0 Å². The molecule has 0 saturated carbocycles. The van der Waals surface area contributed by atoms with Gasteiger partial charge in [-0.2, -0.15) is 0 Å². The first-order valence-corrected chi connectivity index (χ1v) is 10.2. The van der Waals surface area contributed by atoms with E-state index >= 15 is 0 Å². The van der Waals surface area contributed by atoms with Crippen molar-refractivity contribution in [1.82, 2.24) is 0 Å². The monoisotopic (exact) mass is 373 g/mol. The molecule has 7 heteroatoms. The highest BCUT2D eigenvalue weighted by molar-refractivity contribution is 7.89. The molecule has 26 heavy (non-hydrogen) atoms. The van der Waals surface area contributed by atoms with Crippen LogP contribution in [0.25, 0.3) is 0 Å². The average Bonchev–Trinajstić information content (AvgIpc) is 2.61. The average molecular weight is 373 g/mol. The fourth-order valence-corrected chi connectivity index (χ4v) is 3.78. The summed E-state index contributed by atoms with van der Waals surface area (Å²) in [5.41, 5.74) is 4.01. The molecule has 0 radical (unpaired) electrons. The third kappa shape index (κ3) is 4.23. The van der Waals surface area contributed by atoms with E-state index in [0.29, 0.717) is 5.69 Å². The smallest absolute Gasteiger partial charge is 0.246 e. The van der Waals surface area contributed by atoms with E-state index in [-0.39, 0.29) is 10.8 Å². The second-order valence-corrected chi connectivity index (χ2v) is 8.14. The van der Waals surface area contributed by atoms with Gasteiger partial charge in [-0.05, 0) is 68.0 Å². The van der Waals surface area contributed by atoms with E-state index in [1.54, 1.807) is 19.1 Å². The Kier molecular flexibility index (Phi) is 5.29. The van der Waals surface area contributed by atoms with Gasteiger partial charge in [-0.25, -0.2) is 13.6 Å². The number of amides is 1. The van der Waals surface area contributed by atoms with Crippen molar-refractivity contribution in [3.05, 3.63) is 53.6 Å². The molecule has 0 spiro atoms. The molecule has 0 bridgehead atoms. The molecular weight excluding hydrogens is 350 g/mol. The van der Waals surface area contributed by atoms with Gasteiger partial charge in [-0.1, -0.05) is 18.2 Å². The number of fused-ring (bicyclic) bond motifs is 1. The van der Waals surface area contributed by atoms with E-state index < -0.39 is 16.1 Å². The van der Waals surface area contributed by atoms with E-state index in [2.05, 4.69) is 16.7 Å². The number of carbonyl (C=O) groups is 1. The molecule has 2 aromatic carbocycles. The van der Waals surface area contributed by atoms with Gasteiger partial charge >= 0.3 is 0 Å². The van der Waals surface area contributed by atoms with Gasteiger partial charge in [0.15, 0.2) is 0 Å². The van der Waals surface area contributed by atoms with Crippen LogP contribution in [-0.2, 0) is 27.7 Å². The number of aryl methyl sites for hydroxylation is 1. The van der Waals surface area contributed by atoms with Gasteiger partial charge in [0.25, 0.3) is 0 Å². The zero-order valence-corrected chi connectivity index (χ0v) is 15.5. The predicted octanol–water partition coefficient (Wildman–Crippen LogP) is 2.65. The molecule has 0 aromatic heterocycles. The van der Waals surface area contributed by atoms with Crippen molar-refractivity contribution in [2.24, 2.45) is 5.14 Å². The zero-order valence-electron chi connectivity index (χ0n) is 14.7. The van der Waals surface area contributed by atoms with E-state index in [1.165, 1.54) is 29.7 Å². The first-order valence-electron chi connectivity index (χ1n) is 8.65. The third-order valence-electron chi connectivity index (χ3n) is 4.59. The number of nitrogens with one attached hydrogen (secondary N) is 2. The van der Waals surface area contributed by atoms with Crippen LogP contribution in [0.2, 0.25) is 0 Å². The number of hydrogen-bond acceptors (Lipinski definition) is 4. The minimum Gasteiger partial charge on any atom is -0.374 e. The van der Waals surface area contributed by atoms with Gasteiger partial charge in [0.05, 0.1) is 4.90 Å². The summed E-state index contributed by atoms with van der Waals surface area (Å²) in [6.45, 7) is 1.78. The standard InChI is InChI=1S/C19H23N3O3S/c1-13(21-18-11-4-7-14-6-2-3-10-17(14)18)19(23)22-15-8-5-9-16(12-15)26(20,24)25/h4-5,7-9,11-13,21H,2-3,6,10H2,1H3,(H,22,23)(H2,20,24,25)/t13-/m0/s1. The van der Waals surface area contributed by atoms with E-state index in [4.69, 9.17) is 5.14 Å². The Morgan fingerprint density at radius 1 is 1.12 bits per heavy atom. The molecule has 0 saturated heterocycles. The maximum Gasteiger partial charge on any atom is 0.246 e. The van der Waals surface area contributed by atoms with E-state index in [0.717, 1.165) is 24.9 Å². The van der Waals surface area contributed by atoms with Gasteiger partial charge < -0.3 is 10.6 Å². The summed E-state index contributed by atoms with van der Waals surface area (Å²) < 4.78 is 22.9. The van der Waals surface area contributed by atoms with Gasteiger partial charge in [0.2, 0.25) is 15.9 Å². The van der Waals surface area contributed by atoms with Crippen LogP contribution >= 0.6 is 0 Å². The minimum absolute atomic E-state index is 0.0342. The van der Waals surface area contributed by atoms with Crippen LogP contribution in [0.15, 0.2) is 47.4 Å². The van der Waals surface area contributed by atoms with Crippen LogP contribution in [0, 0.1) is 0 Å². The molecule has 1 aliphatic rings. The zero-order chi connectivity index (χ0) is 18.7. The lowest BCUT2D eigenvalue weighted by molar-refractivity contribution is -0.116. The number of benzene rings is 2. The molecular formula is C19H23N3O3S. The fraction of sp³-hybridized carbons (Fsp3) is 0.316. The van der Waals surface area contributed by atoms with Crippen molar-refractivity contribution in [3.63, 3.8) is 0 Å². The first kappa shape index (κ1) is 18.4. The largest absolute Gasteiger partial charge is 0.374 e. The Bertz CT molecular complexity index is 925. The molecule has 138 valence electrons. The maximum absolute atomic E-state index is 12.5. The number of primary sulfonamides is 1. The summed E-state index contributed by atoms with van der Waals surface area (Å²) in [6, 6.07) is 11.6. The first-order chi connectivity index (χ1) is 12.3. The second kappa shape index (κ2) is 7.47. The van der Waals surface area contributed by atoms with Crippen molar-refractivity contribution >= 4 is 27.3 Å². The number of nitrogens with two attached hydrogens (primary N) is 1. The summed E-state index contributed by atoms with van der Waals surface area (Å²) in [6.07, 6.45) is 4.45. The molecule has 6 nitrogen and oxygen atoms in total. The Hall–Kier alpha value is -2.38. The lowest BCUT2D eigenvalue weighted by Gasteiger charge is -2.22. The molecule has 0 unspecified atom stereocenters. The van der Waals surface area contributed by atoms with Crippen LogP contribution in [0.4, 0.5) is 11.4 Å². The van der Waals surface area contributed by atoms with Crippen molar-refractivity contribution in [2.45, 2.75) is 43.5 Å². The maximum atomic E-state index is 12.5. The lowest BCUT2D eigenvalue weighted by atomic mass is 9.90. The summed E-state index contributed by atoms with van der Waals surface area (Å²) in [4.78, 5) is 12.5. The van der Waals surface area contributed by atoms with Crippen molar-refractivity contribution in [3.8, 4) is 0 Å². The highest BCUT2D eigenvalue weighted by Gasteiger charge is 2.18. The van der Waals surface area contributed by atoms with Crippen LogP contribution < -0.4 is 15.8 Å². The number of carbonyl (C=O) groups excluding carboxylic acids is 1. The Balaban J connectivity index is 1.71. The second-order valence-electron chi connectivity index (χ2n) is 6.58. The van der Waals surface area contributed by atoms with Gasteiger partial charge in [0, 0.05) is 11.4 Å². The lowest BCUT2D eigenvalue weighted by Crippen LogP contribution is -2.32. The molecule has 1 aliphatic carbocycles. The molecule has 3 rings (SSSR count). The van der Waals surface area contributed by atoms with Gasteiger partial charge in [-0.15, -0.1) is 0 Å². The van der Waals surface area contributed by atoms with Crippen molar-refractivity contribution < 1.29 is 13.2 Å². The number of anilines is 2. The number of hydrogen-bond donors (Lipinski definition) is 3. The summed E-state index contributed by atoms with van der Waals surface area (Å²) in [5, 5.41) is 11.1. The number of sulfonamides is 1. The van der Waals surface area contributed by atoms with Crippen LogP contribution in [0.5, 0.6) is 0 Å². The Morgan fingerprint density at radius 2 is 1.85 bits per heavy atom. The van der Waals surface area contributed by atoms with Gasteiger partial charge in [-0.3, -0.25) is 4.79 Å². The highest BCUT2D eigenvalue weighted by Crippen LogP contribution is 2.28. The fourth-order valence-electron chi connectivity index (χ4n) is 3.22. The topological polar surface area (TPSA) is 101 Å². The third-order valence-corrected chi connectivity index (χ3v) is 5.50. The summed E-state index contributed by atoms with van der Waals surface area (Å²) in [7, 11) is -3.81. The summed E-state index contributed by atoms with van der Waals surface area (Å²) >= 11 is 0. The SMILES string of the molecule is C[C@H](Nc1cccc2c1CCCC2)C(=O)Nc1cccc(S(N)(=O)=O)c1.